The first kappa shape index (κ1) is 20.6. The zero-order chi connectivity index (χ0) is 21.8. The highest BCUT2D eigenvalue weighted by Gasteiger charge is 2.26. The van der Waals surface area contributed by atoms with E-state index >= 15 is 0 Å². The third-order valence-electron chi connectivity index (χ3n) is 5.15. The van der Waals surface area contributed by atoms with Crippen molar-refractivity contribution in [2.24, 2.45) is 0 Å². The maximum Gasteiger partial charge on any atom is 0.339 e. The quantitative estimate of drug-likeness (QED) is 0.353. The van der Waals surface area contributed by atoms with Gasteiger partial charge in [0.1, 0.15) is 11.3 Å². The van der Waals surface area contributed by atoms with Crippen molar-refractivity contribution in [3.63, 3.8) is 0 Å². The van der Waals surface area contributed by atoms with Crippen LogP contribution in [0.1, 0.15) is 10.4 Å². The average Bonchev–Trinajstić information content (AvgIpc) is 2.81. The molecule has 31 heavy (non-hydrogen) atoms. The molecule has 4 nitrogen and oxygen atoms in total. The highest BCUT2D eigenvalue weighted by molar-refractivity contribution is 8.33. The molecule has 156 valence electrons. The summed E-state index contributed by atoms with van der Waals surface area (Å²) in [6.07, 6.45) is 2.24. The van der Waals surface area contributed by atoms with E-state index in [4.69, 9.17) is 4.74 Å². The monoisotopic (exact) mass is 430 g/mol. The molecule has 0 saturated carbocycles. The fourth-order valence-corrected chi connectivity index (χ4v) is 6.43. The average molecular weight is 431 g/mol. The van der Waals surface area contributed by atoms with Crippen LogP contribution < -0.4 is 4.74 Å². The predicted molar refractivity (Wildman–Crippen MR) is 123 cm³/mol. The Kier molecular flexibility index (Phi) is 5.69. The number of hydrogen-bond donors (Lipinski definition) is 2. The molecule has 4 aromatic carbocycles. The second kappa shape index (κ2) is 8.58. The molecule has 0 aromatic heterocycles. The van der Waals surface area contributed by atoms with Gasteiger partial charge in [0, 0.05) is 4.90 Å². The van der Waals surface area contributed by atoms with Crippen molar-refractivity contribution in [2.75, 3.05) is 6.26 Å². The van der Waals surface area contributed by atoms with Crippen LogP contribution in [0.25, 0.3) is 0 Å². The summed E-state index contributed by atoms with van der Waals surface area (Å²) in [5.74, 6) is -0.979. The number of aromatic carboxylic acids is 1. The van der Waals surface area contributed by atoms with Crippen molar-refractivity contribution in [3.8, 4) is 17.2 Å². The van der Waals surface area contributed by atoms with E-state index in [9.17, 15) is 15.0 Å². The zero-order valence-electron chi connectivity index (χ0n) is 16.9. The van der Waals surface area contributed by atoms with Crippen LogP contribution in [0.4, 0.5) is 0 Å². The first-order chi connectivity index (χ1) is 15.0. The summed E-state index contributed by atoms with van der Waals surface area (Å²) in [6.45, 7) is 0. The third kappa shape index (κ3) is 4.00. The lowest BCUT2D eigenvalue weighted by Gasteiger charge is -2.37. The standard InChI is InChI=1S/C26H22O4S/c1-31(20-11-4-2-5-12-20,21-13-6-3-7-14-21)22-15-8-10-19(18-22)30-25-23(26(28)29)16-9-17-24(25)27/h2-18,27H,1H3,(H,28,29). The lowest BCUT2D eigenvalue weighted by atomic mass is 10.2. The lowest BCUT2D eigenvalue weighted by Crippen LogP contribution is -2.03. The minimum atomic E-state index is -1.59. The Hall–Kier alpha value is -3.70. The van der Waals surface area contributed by atoms with E-state index in [0.29, 0.717) is 5.75 Å². The fraction of sp³-hybridized carbons (Fsp3) is 0.0385. The second-order valence-electron chi connectivity index (χ2n) is 7.08. The number of carboxylic acid groups (broad SMARTS) is 1. The van der Waals surface area contributed by atoms with E-state index in [1.54, 1.807) is 6.07 Å². The number of rotatable bonds is 6. The summed E-state index contributed by atoms with van der Waals surface area (Å²) < 4.78 is 5.89. The number of hydrogen-bond acceptors (Lipinski definition) is 3. The van der Waals surface area contributed by atoms with E-state index in [0.717, 1.165) is 4.90 Å². The van der Waals surface area contributed by atoms with Gasteiger partial charge < -0.3 is 14.9 Å². The molecule has 0 unspecified atom stereocenters. The second-order valence-corrected chi connectivity index (χ2v) is 10.3. The number of phenolic OH excluding ortho intramolecular Hbond substituents is 1. The molecule has 0 aliphatic carbocycles. The number of para-hydroxylation sites is 1. The number of carboxylic acids is 1. The number of aromatic hydroxyl groups is 1. The molecular formula is C26H22O4S. The Balaban J connectivity index is 1.82. The molecule has 0 heterocycles. The van der Waals surface area contributed by atoms with Gasteiger partial charge in [0.25, 0.3) is 0 Å². The van der Waals surface area contributed by atoms with Crippen LogP contribution in [0, 0.1) is 0 Å². The summed E-state index contributed by atoms with van der Waals surface area (Å²) in [5, 5.41) is 19.7. The van der Waals surface area contributed by atoms with Gasteiger partial charge >= 0.3 is 5.97 Å². The van der Waals surface area contributed by atoms with Gasteiger partial charge in [-0.1, -0.05) is 48.5 Å². The first-order valence-corrected chi connectivity index (χ1v) is 11.8. The summed E-state index contributed by atoms with van der Waals surface area (Å²) in [4.78, 5) is 15.0. The van der Waals surface area contributed by atoms with Gasteiger partial charge in [0.15, 0.2) is 11.5 Å². The number of benzene rings is 4. The third-order valence-corrected chi connectivity index (χ3v) is 8.78. The molecular weight excluding hydrogens is 408 g/mol. The number of carbonyl (C=O) groups is 1. The summed E-state index contributed by atoms with van der Waals surface area (Å²) in [7, 11) is -1.59. The molecule has 0 aliphatic rings. The predicted octanol–water partition coefficient (Wildman–Crippen LogP) is 6.79. The Bertz CT molecular complexity index is 1170. The van der Waals surface area contributed by atoms with E-state index in [1.165, 1.54) is 28.0 Å². The fourth-order valence-electron chi connectivity index (χ4n) is 3.50. The Morgan fingerprint density at radius 3 is 1.87 bits per heavy atom. The highest BCUT2D eigenvalue weighted by Crippen LogP contribution is 2.65. The van der Waals surface area contributed by atoms with E-state index in [2.05, 4.69) is 36.6 Å². The minimum absolute atomic E-state index is 0.0664. The Morgan fingerprint density at radius 2 is 1.29 bits per heavy atom. The van der Waals surface area contributed by atoms with Crippen LogP contribution in [0.5, 0.6) is 17.2 Å². The molecule has 0 radical (unpaired) electrons. The van der Waals surface area contributed by atoms with Crippen molar-refractivity contribution in [1.82, 2.24) is 0 Å². The van der Waals surface area contributed by atoms with E-state index in [1.807, 2.05) is 48.5 Å². The van der Waals surface area contributed by atoms with Crippen LogP contribution in [0.3, 0.4) is 0 Å². The maximum atomic E-state index is 11.6. The van der Waals surface area contributed by atoms with E-state index < -0.39 is 16.0 Å². The molecule has 0 amide bonds. The number of phenols is 1. The van der Waals surface area contributed by atoms with Crippen molar-refractivity contribution >= 4 is 16.0 Å². The normalized spacial score (nSPS) is 11.6. The lowest BCUT2D eigenvalue weighted by molar-refractivity contribution is 0.0693. The SMILES string of the molecule is CS(c1ccccc1)(c1ccccc1)c1cccc(Oc2c(O)cccc2C(=O)O)c1. The van der Waals surface area contributed by atoms with Gasteiger partial charge in [-0.3, -0.25) is 0 Å². The molecule has 0 bridgehead atoms. The molecule has 4 rings (SSSR count). The van der Waals surface area contributed by atoms with Crippen LogP contribution in [-0.2, 0) is 0 Å². The molecule has 0 aliphatic heterocycles. The van der Waals surface area contributed by atoms with Crippen LogP contribution in [0.15, 0.2) is 118 Å². The maximum absolute atomic E-state index is 11.6. The van der Waals surface area contributed by atoms with Gasteiger partial charge in [-0.05, 0) is 70.6 Å². The van der Waals surface area contributed by atoms with Crippen molar-refractivity contribution in [1.29, 1.82) is 0 Å². The minimum Gasteiger partial charge on any atom is -0.504 e. The van der Waals surface area contributed by atoms with Gasteiger partial charge in [0.05, 0.1) is 0 Å². The molecule has 0 spiro atoms. The van der Waals surface area contributed by atoms with Gasteiger partial charge in [-0.2, -0.15) is 10.0 Å². The highest BCUT2D eigenvalue weighted by atomic mass is 32.3. The topological polar surface area (TPSA) is 66.8 Å². The summed E-state index contributed by atoms with van der Waals surface area (Å²) >= 11 is 0. The molecule has 0 fully saturated rings. The van der Waals surface area contributed by atoms with Crippen LogP contribution >= 0.6 is 10.0 Å². The molecule has 0 atom stereocenters. The largest absolute Gasteiger partial charge is 0.504 e. The Morgan fingerprint density at radius 1 is 0.742 bits per heavy atom. The van der Waals surface area contributed by atoms with Crippen LogP contribution in [-0.4, -0.2) is 22.4 Å². The number of ether oxygens (including phenoxy) is 1. The van der Waals surface area contributed by atoms with Gasteiger partial charge in [0.2, 0.25) is 0 Å². The molecule has 0 saturated heterocycles. The summed E-state index contributed by atoms with van der Waals surface area (Å²) in [6, 6.07) is 32.6. The van der Waals surface area contributed by atoms with E-state index in [-0.39, 0.29) is 17.1 Å². The van der Waals surface area contributed by atoms with Crippen molar-refractivity contribution in [3.05, 3.63) is 109 Å². The molecule has 2 N–H and O–H groups in total. The van der Waals surface area contributed by atoms with Crippen LogP contribution in [0.2, 0.25) is 0 Å². The smallest absolute Gasteiger partial charge is 0.339 e. The van der Waals surface area contributed by atoms with Gasteiger partial charge in [-0.25, -0.2) is 4.79 Å². The zero-order valence-corrected chi connectivity index (χ0v) is 17.8. The summed E-state index contributed by atoms with van der Waals surface area (Å²) in [5.41, 5.74) is -0.0911. The van der Waals surface area contributed by atoms with Crippen molar-refractivity contribution in [2.45, 2.75) is 14.7 Å². The van der Waals surface area contributed by atoms with Gasteiger partial charge in [-0.15, -0.1) is 0 Å². The molecule has 5 heteroatoms. The molecule has 4 aromatic rings. The van der Waals surface area contributed by atoms with Crippen molar-refractivity contribution < 1.29 is 19.7 Å². The first-order valence-electron chi connectivity index (χ1n) is 9.72. The Labute approximate surface area is 182 Å².